The Hall–Kier alpha value is -0.630. The maximum atomic E-state index is 5.89. The third-order valence-corrected chi connectivity index (χ3v) is 3.96. The van der Waals surface area contributed by atoms with Crippen molar-refractivity contribution in [1.29, 1.82) is 0 Å². The van der Waals surface area contributed by atoms with Crippen LogP contribution in [0, 0.1) is 10.5 Å². The Kier molecular flexibility index (Phi) is 2.73. The van der Waals surface area contributed by atoms with Gasteiger partial charge in [-0.25, -0.2) is 9.67 Å². The lowest BCUT2D eigenvalue weighted by atomic mass is 10.5. The minimum absolute atomic E-state index is 0.660. The molecule has 0 spiro atoms. The SMILES string of the molecule is Cc1nn(Cc2nccs2)c(N)c1I. The summed E-state index contributed by atoms with van der Waals surface area (Å²) >= 11 is 3.82. The van der Waals surface area contributed by atoms with Gasteiger partial charge in [0.15, 0.2) is 0 Å². The van der Waals surface area contributed by atoms with Crippen molar-refractivity contribution in [3.05, 3.63) is 25.8 Å². The zero-order valence-electron chi connectivity index (χ0n) is 7.57. The van der Waals surface area contributed by atoms with Crippen LogP contribution in [0.1, 0.15) is 10.7 Å². The van der Waals surface area contributed by atoms with Gasteiger partial charge in [0.05, 0.1) is 15.8 Å². The van der Waals surface area contributed by atoms with E-state index in [1.165, 1.54) is 0 Å². The first-order chi connectivity index (χ1) is 6.68. The lowest BCUT2D eigenvalue weighted by Crippen LogP contribution is -2.05. The van der Waals surface area contributed by atoms with Crippen LogP contribution >= 0.6 is 33.9 Å². The van der Waals surface area contributed by atoms with Crippen LogP contribution in [-0.2, 0) is 6.54 Å². The van der Waals surface area contributed by atoms with E-state index < -0.39 is 0 Å². The van der Waals surface area contributed by atoms with E-state index in [4.69, 9.17) is 5.73 Å². The average molecular weight is 320 g/mol. The van der Waals surface area contributed by atoms with Gasteiger partial charge in [-0.1, -0.05) is 0 Å². The van der Waals surface area contributed by atoms with Gasteiger partial charge >= 0.3 is 0 Å². The molecule has 0 amide bonds. The predicted molar refractivity (Wildman–Crippen MR) is 65.3 cm³/mol. The number of aryl methyl sites for hydroxylation is 1. The number of thiazole rings is 1. The third kappa shape index (κ3) is 1.76. The van der Waals surface area contributed by atoms with E-state index in [0.29, 0.717) is 6.54 Å². The Morgan fingerprint density at radius 2 is 2.43 bits per heavy atom. The molecule has 2 rings (SSSR count). The molecule has 2 heterocycles. The Labute approximate surface area is 99.3 Å². The molecule has 0 atom stereocenters. The number of nitrogen functional groups attached to an aromatic ring is 1. The number of aromatic nitrogens is 3. The molecular formula is C8H9IN4S. The standard InChI is InChI=1S/C8H9IN4S/c1-5-7(9)8(10)13(12-5)4-6-11-2-3-14-6/h2-3H,4,10H2,1H3. The molecule has 0 unspecified atom stereocenters. The maximum Gasteiger partial charge on any atom is 0.135 e. The minimum atomic E-state index is 0.660. The third-order valence-electron chi connectivity index (χ3n) is 1.86. The normalized spacial score (nSPS) is 10.7. The molecule has 2 N–H and O–H groups in total. The topological polar surface area (TPSA) is 56.7 Å². The zero-order valence-corrected chi connectivity index (χ0v) is 10.5. The molecule has 0 bridgehead atoms. The second kappa shape index (κ2) is 3.85. The minimum Gasteiger partial charge on any atom is -0.383 e. The van der Waals surface area contributed by atoms with Gasteiger partial charge in [-0.2, -0.15) is 5.10 Å². The molecule has 74 valence electrons. The molecule has 0 aromatic carbocycles. The summed E-state index contributed by atoms with van der Waals surface area (Å²) in [6.07, 6.45) is 1.79. The molecule has 0 aliphatic rings. The van der Waals surface area contributed by atoms with Crippen molar-refractivity contribution in [3.63, 3.8) is 0 Å². The Bertz CT molecular complexity index is 434. The van der Waals surface area contributed by atoms with E-state index in [9.17, 15) is 0 Å². The fourth-order valence-corrected chi connectivity index (χ4v) is 2.14. The summed E-state index contributed by atoms with van der Waals surface area (Å²) in [4.78, 5) is 4.19. The van der Waals surface area contributed by atoms with Gasteiger partial charge in [-0.15, -0.1) is 11.3 Å². The van der Waals surface area contributed by atoms with Gasteiger partial charge in [0.2, 0.25) is 0 Å². The average Bonchev–Trinajstić information content (AvgIpc) is 2.73. The fourth-order valence-electron chi connectivity index (χ4n) is 1.16. The summed E-state index contributed by atoms with van der Waals surface area (Å²) in [7, 11) is 0. The smallest absolute Gasteiger partial charge is 0.135 e. The Balaban J connectivity index is 2.30. The van der Waals surface area contributed by atoms with E-state index in [1.54, 1.807) is 22.2 Å². The van der Waals surface area contributed by atoms with E-state index in [1.807, 2.05) is 12.3 Å². The number of nitrogens with two attached hydrogens (primary N) is 1. The number of rotatable bonds is 2. The first-order valence-electron chi connectivity index (χ1n) is 4.05. The first-order valence-corrected chi connectivity index (χ1v) is 6.01. The van der Waals surface area contributed by atoms with Gasteiger partial charge in [0.1, 0.15) is 10.8 Å². The van der Waals surface area contributed by atoms with Crippen molar-refractivity contribution in [2.24, 2.45) is 0 Å². The van der Waals surface area contributed by atoms with Crippen LogP contribution in [0.2, 0.25) is 0 Å². The van der Waals surface area contributed by atoms with E-state index in [-0.39, 0.29) is 0 Å². The summed E-state index contributed by atoms with van der Waals surface area (Å²) in [5.74, 6) is 0.721. The summed E-state index contributed by atoms with van der Waals surface area (Å²) < 4.78 is 2.81. The van der Waals surface area contributed by atoms with Crippen molar-refractivity contribution in [2.75, 3.05) is 5.73 Å². The van der Waals surface area contributed by atoms with Gasteiger partial charge in [-0.05, 0) is 29.5 Å². The van der Waals surface area contributed by atoms with Crippen molar-refractivity contribution >= 4 is 39.7 Å². The number of halogens is 1. The van der Waals surface area contributed by atoms with Crippen LogP contribution in [0.4, 0.5) is 5.82 Å². The van der Waals surface area contributed by atoms with Gasteiger partial charge in [0.25, 0.3) is 0 Å². The molecule has 0 aliphatic heterocycles. The highest BCUT2D eigenvalue weighted by Crippen LogP contribution is 2.19. The first kappa shape index (κ1) is 9.91. The predicted octanol–water partition coefficient (Wildman–Crippen LogP) is 1.88. The Morgan fingerprint density at radius 3 is 2.93 bits per heavy atom. The van der Waals surface area contributed by atoms with Crippen LogP contribution in [0.25, 0.3) is 0 Å². The lowest BCUT2D eigenvalue weighted by molar-refractivity contribution is 0.686. The zero-order chi connectivity index (χ0) is 10.1. The fraction of sp³-hybridized carbons (Fsp3) is 0.250. The van der Waals surface area contributed by atoms with Crippen molar-refractivity contribution in [2.45, 2.75) is 13.5 Å². The molecular weight excluding hydrogens is 311 g/mol. The summed E-state index contributed by atoms with van der Waals surface area (Å²) in [5.41, 5.74) is 6.86. The van der Waals surface area contributed by atoms with Crippen molar-refractivity contribution < 1.29 is 0 Å². The van der Waals surface area contributed by atoms with Gasteiger partial charge in [-0.3, -0.25) is 0 Å². The highest BCUT2D eigenvalue weighted by atomic mass is 127. The highest BCUT2D eigenvalue weighted by Gasteiger charge is 2.10. The highest BCUT2D eigenvalue weighted by molar-refractivity contribution is 14.1. The number of hydrogen-bond acceptors (Lipinski definition) is 4. The molecule has 6 heteroatoms. The van der Waals surface area contributed by atoms with Crippen LogP contribution in [0.5, 0.6) is 0 Å². The molecule has 2 aromatic heterocycles. The molecule has 0 fully saturated rings. The summed E-state index contributed by atoms with van der Waals surface area (Å²) in [5, 5.41) is 7.31. The molecule has 2 aromatic rings. The Morgan fingerprint density at radius 1 is 1.64 bits per heavy atom. The largest absolute Gasteiger partial charge is 0.383 e. The van der Waals surface area contributed by atoms with E-state index >= 15 is 0 Å². The molecule has 0 saturated carbocycles. The van der Waals surface area contributed by atoms with E-state index in [0.717, 1.165) is 20.1 Å². The summed E-state index contributed by atoms with van der Waals surface area (Å²) in [6, 6.07) is 0. The molecule has 14 heavy (non-hydrogen) atoms. The monoisotopic (exact) mass is 320 g/mol. The van der Waals surface area contributed by atoms with Crippen LogP contribution in [0.3, 0.4) is 0 Å². The lowest BCUT2D eigenvalue weighted by Gasteiger charge is -1.99. The number of anilines is 1. The maximum absolute atomic E-state index is 5.89. The number of hydrogen-bond donors (Lipinski definition) is 1. The molecule has 0 saturated heterocycles. The van der Waals surface area contributed by atoms with Gasteiger partial charge < -0.3 is 5.73 Å². The van der Waals surface area contributed by atoms with Crippen LogP contribution in [-0.4, -0.2) is 14.8 Å². The molecule has 0 radical (unpaired) electrons. The van der Waals surface area contributed by atoms with Crippen LogP contribution < -0.4 is 5.73 Å². The molecule has 4 nitrogen and oxygen atoms in total. The van der Waals surface area contributed by atoms with Gasteiger partial charge in [0, 0.05) is 11.6 Å². The number of nitrogens with zero attached hydrogens (tertiary/aromatic N) is 3. The second-order valence-electron chi connectivity index (χ2n) is 2.87. The summed E-state index contributed by atoms with van der Waals surface area (Å²) in [6.45, 7) is 2.61. The second-order valence-corrected chi connectivity index (χ2v) is 4.93. The van der Waals surface area contributed by atoms with Crippen LogP contribution in [0.15, 0.2) is 11.6 Å². The molecule has 0 aliphatic carbocycles. The van der Waals surface area contributed by atoms with E-state index in [2.05, 4.69) is 32.7 Å². The van der Waals surface area contributed by atoms with Crippen molar-refractivity contribution in [3.8, 4) is 0 Å². The quantitative estimate of drug-likeness (QED) is 0.860. The van der Waals surface area contributed by atoms with Crippen molar-refractivity contribution in [1.82, 2.24) is 14.8 Å².